The fourth-order valence-electron chi connectivity index (χ4n) is 1.97. The number of ketones is 1. The van der Waals surface area contributed by atoms with Gasteiger partial charge in [0, 0.05) is 13.0 Å². The van der Waals surface area contributed by atoms with Gasteiger partial charge in [0.25, 0.3) is 0 Å². The Labute approximate surface area is 140 Å². The number of hydrogen-bond donors (Lipinski definition) is 1. The summed E-state index contributed by atoms with van der Waals surface area (Å²) in [6.07, 6.45) is 2.40. The summed E-state index contributed by atoms with van der Waals surface area (Å²) < 4.78 is 16.3. The fraction of sp³-hybridized carbons (Fsp3) is 0.882. The van der Waals surface area contributed by atoms with Crippen LogP contribution >= 0.6 is 0 Å². The van der Waals surface area contributed by atoms with E-state index in [1.165, 1.54) is 7.11 Å². The van der Waals surface area contributed by atoms with Gasteiger partial charge in [-0.2, -0.15) is 0 Å². The lowest BCUT2D eigenvalue weighted by atomic mass is 9.98. The number of hydrogen-bond acceptors (Lipinski definition) is 5. The molecule has 0 saturated carbocycles. The van der Waals surface area contributed by atoms with Crippen LogP contribution in [0.1, 0.15) is 60.3 Å². The number of nitrogens with one attached hydrogen (secondary N) is 1. The zero-order valence-electron chi connectivity index (χ0n) is 15.5. The molecule has 0 radical (unpaired) electrons. The second-order valence-corrected chi connectivity index (χ2v) is 6.63. The quantitative estimate of drug-likeness (QED) is 0.556. The van der Waals surface area contributed by atoms with E-state index in [2.05, 4.69) is 17.0 Å². The third kappa shape index (κ3) is 11.1. The van der Waals surface area contributed by atoms with E-state index in [4.69, 9.17) is 9.47 Å². The van der Waals surface area contributed by atoms with Crippen molar-refractivity contribution < 1.29 is 23.8 Å². The van der Waals surface area contributed by atoms with Crippen molar-refractivity contribution in [3.8, 4) is 0 Å². The first kappa shape index (κ1) is 21.9. The first-order chi connectivity index (χ1) is 10.6. The number of methoxy groups -OCH3 is 1. The van der Waals surface area contributed by atoms with E-state index in [1.807, 2.05) is 20.8 Å². The Morgan fingerprint density at radius 1 is 1.04 bits per heavy atom. The van der Waals surface area contributed by atoms with Gasteiger partial charge in [-0.25, -0.2) is 4.79 Å². The Morgan fingerprint density at radius 3 is 2.22 bits per heavy atom. The summed E-state index contributed by atoms with van der Waals surface area (Å²) in [5.41, 5.74) is -0.610. The van der Waals surface area contributed by atoms with Gasteiger partial charge in [-0.1, -0.05) is 6.92 Å². The Hall–Kier alpha value is -1.14. The van der Waals surface area contributed by atoms with Crippen molar-refractivity contribution in [2.45, 2.75) is 71.5 Å². The van der Waals surface area contributed by atoms with Gasteiger partial charge in [-0.05, 0) is 47.0 Å². The smallest absolute Gasteiger partial charge is 0.406 e. The van der Waals surface area contributed by atoms with Crippen molar-refractivity contribution in [2.24, 2.45) is 0 Å². The van der Waals surface area contributed by atoms with Crippen LogP contribution in [0.4, 0.5) is 4.79 Å². The van der Waals surface area contributed by atoms with Crippen LogP contribution in [0.5, 0.6) is 0 Å². The second kappa shape index (κ2) is 10.6. The lowest BCUT2D eigenvalue weighted by Crippen LogP contribution is -2.36. The van der Waals surface area contributed by atoms with Crippen molar-refractivity contribution in [1.82, 2.24) is 5.32 Å². The van der Waals surface area contributed by atoms with Crippen LogP contribution in [0.25, 0.3) is 0 Å². The van der Waals surface area contributed by atoms with Crippen LogP contribution in [-0.4, -0.2) is 49.9 Å². The molecular formula is C17H33NO5. The maximum atomic E-state index is 11.1. The Bertz CT molecular complexity index is 370. The molecular weight excluding hydrogens is 298 g/mol. The molecule has 0 rings (SSSR count). The predicted molar refractivity (Wildman–Crippen MR) is 89.6 cm³/mol. The Kier molecular flexibility index (Phi) is 10.1. The topological polar surface area (TPSA) is 73.9 Å². The second-order valence-electron chi connectivity index (χ2n) is 6.63. The van der Waals surface area contributed by atoms with Crippen molar-refractivity contribution in [3.05, 3.63) is 0 Å². The van der Waals surface area contributed by atoms with Crippen LogP contribution in [0, 0.1) is 0 Å². The zero-order chi connectivity index (χ0) is 17.9. The standard InChI is InChI=1S/C17H33NO5/c1-7-17(5,23-13-11-18-15(20)21-6)10-12-22-16(3,4)9-8-14(2)19/h7-13H2,1-6H3,(H,18,20). The summed E-state index contributed by atoms with van der Waals surface area (Å²) in [7, 11) is 1.33. The number of ether oxygens (including phenoxy) is 3. The van der Waals surface area contributed by atoms with Crippen LogP contribution in [0.15, 0.2) is 0 Å². The third-order valence-electron chi connectivity index (χ3n) is 3.96. The van der Waals surface area contributed by atoms with Crippen LogP contribution in [-0.2, 0) is 19.0 Å². The number of rotatable bonds is 12. The number of Topliss-reactive ketones (excluding diaryl/α,β-unsaturated/α-hetero) is 1. The summed E-state index contributed by atoms with van der Waals surface area (Å²) in [5, 5.41) is 2.59. The van der Waals surface area contributed by atoms with E-state index in [1.54, 1.807) is 6.92 Å². The number of alkyl carbamates (subject to hydrolysis) is 1. The molecule has 1 atom stereocenters. The highest BCUT2D eigenvalue weighted by Gasteiger charge is 2.25. The molecule has 23 heavy (non-hydrogen) atoms. The molecule has 6 heteroatoms. The van der Waals surface area contributed by atoms with Crippen molar-refractivity contribution >= 4 is 11.9 Å². The molecule has 1 amide bonds. The molecule has 0 fully saturated rings. The van der Waals surface area contributed by atoms with Gasteiger partial charge < -0.3 is 24.3 Å². The SMILES string of the molecule is CCC(C)(CCOC(C)(C)CCC(C)=O)OCCNC(=O)OC. The van der Waals surface area contributed by atoms with E-state index in [9.17, 15) is 9.59 Å². The summed E-state index contributed by atoms with van der Waals surface area (Å²) in [4.78, 5) is 22.0. The van der Waals surface area contributed by atoms with Crippen LogP contribution in [0.2, 0.25) is 0 Å². The van der Waals surface area contributed by atoms with E-state index in [-0.39, 0.29) is 17.0 Å². The Morgan fingerprint density at radius 2 is 1.70 bits per heavy atom. The van der Waals surface area contributed by atoms with Gasteiger partial charge in [0.2, 0.25) is 0 Å². The highest BCUT2D eigenvalue weighted by atomic mass is 16.5. The summed E-state index contributed by atoms with van der Waals surface area (Å²) >= 11 is 0. The average molecular weight is 331 g/mol. The largest absolute Gasteiger partial charge is 0.453 e. The van der Waals surface area contributed by atoms with E-state index in [0.29, 0.717) is 26.2 Å². The molecule has 6 nitrogen and oxygen atoms in total. The number of carbonyl (C=O) groups is 2. The molecule has 0 heterocycles. The molecule has 0 aromatic rings. The third-order valence-corrected chi connectivity index (χ3v) is 3.96. The molecule has 0 aliphatic carbocycles. The predicted octanol–water partition coefficient (Wildman–Crippen LogP) is 3.08. The van der Waals surface area contributed by atoms with E-state index in [0.717, 1.165) is 19.3 Å². The number of carbonyl (C=O) groups excluding carboxylic acids is 2. The first-order valence-electron chi connectivity index (χ1n) is 8.23. The summed E-state index contributed by atoms with van der Waals surface area (Å²) in [6.45, 7) is 11.1. The van der Waals surface area contributed by atoms with Gasteiger partial charge in [0.1, 0.15) is 5.78 Å². The highest BCUT2D eigenvalue weighted by molar-refractivity contribution is 5.75. The van der Waals surface area contributed by atoms with Crippen molar-refractivity contribution in [3.63, 3.8) is 0 Å². The maximum Gasteiger partial charge on any atom is 0.406 e. The van der Waals surface area contributed by atoms with Gasteiger partial charge in [-0.3, -0.25) is 0 Å². The van der Waals surface area contributed by atoms with Gasteiger partial charge in [0.05, 0.1) is 31.5 Å². The average Bonchev–Trinajstić information content (AvgIpc) is 2.49. The molecule has 0 saturated heterocycles. The van der Waals surface area contributed by atoms with Gasteiger partial charge in [0.15, 0.2) is 0 Å². The number of amides is 1. The van der Waals surface area contributed by atoms with Gasteiger partial charge >= 0.3 is 6.09 Å². The van der Waals surface area contributed by atoms with Crippen molar-refractivity contribution in [2.75, 3.05) is 26.9 Å². The van der Waals surface area contributed by atoms with E-state index >= 15 is 0 Å². The molecule has 1 N–H and O–H groups in total. The molecule has 0 aliphatic rings. The van der Waals surface area contributed by atoms with E-state index < -0.39 is 6.09 Å². The summed E-state index contributed by atoms with van der Waals surface area (Å²) in [6, 6.07) is 0. The van der Waals surface area contributed by atoms with Crippen LogP contribution in [0.3, 0.4) is 0 Å². The minimum Gasteiger partial charge on any atom is -0.453 e. The minimum atomic E-state index is -0.456. The molecule has 1 unspecified atom stereocenters. The fourth-order valence-corrected chi connectivity index (χ4v) is 1.97. The normalized spacial score (nSPS) is 14.2. The molecule has 136 valence electrons. The lowest BCUT2D eigenvalue weighted by Gasteiger charge is -2.31. The summed E-state index contributed by atoms with van der Waals surface area (Å²) in [5.74, 6) is 0.182. The maximum absolute atomic E-state index is 11.1. The first-order valence-corrected chi connectivity index (χ1v) is 8.23. The molecule has 0 aliphatic heterocycles. The monoisotopic (exact) mass is 331 g/mol. The molecule has 0 aromatic heterocycles. The lowest BCUT2D eigenvalue weighted by molar-refractivity contribution is -0.119. The van der Waals surface area contributed by atoms with Crippen molar-refractivity contribution in [1.29, 1.82) is 0 Å². The van der Waals surface area contributed by atoms with Crippen LogP contribution < -0.4 is 5.32 Å². The molecule has 0 spiro atoms. The minimum absolute atomic E-state index is 0.182. The zero-order valence-corrected chi connectivity index (χ0v) is 15.5. The molecule has 0 bridgehead atoms. The Balaban J connectivity index is 4.10. The highest BCUT2D eigenvalue weighted by Crippen LogP contribution is 2.23. The van der Waals surface area contributed by atoms with Gasteiger partial charge in [-0.15, -0.1) is 0 Å². The molecule has 0 aromatic carbocycles.